The lowest BCUT2D eigenvalue weighted by Gasteiger charge is -2.20. The largest absolute Gasteiger partial charge is 0.310 e. The SMILES string of the molecule is CCCCCCCC(NCC)c1c(F)ccc(C)c1F. The van der Waals surface area contributed by atoms with Crippen molar-refractivity contribution in [2.24, 2.45) is 0 Å². The lowest BCUT2D eigenvalue weighted by molar-refractivity contribution is 0.434. The van der Waals surface area contributed by atoms with Crippen molar-refractivity contribution < 1.29 is 8.78 Å². The molecule has 0 spiro atoms. The van der Waals surface area contributed by atoms with Gasteiger partial charge < -0.3 is 5.32 Å². The smallest absolute Gasteiger partial charge is 0.133 e. The molecule has 0 radical (unpaired) electrons. The molecular formula is C17H27F2N. The second-order valence-corrected chi connectivity index (χ2v) is 5.41. The third-order valence-electron chi connectivity index (χ3n) is 3.71. The Morgan fingerprint density at radius 3 is 2.40 bits per heavy atom. The molecule has 0 amide bonds. The molecule has 1 unspecified atom stereocenters. The molecule has 1 N–H and O–H groups in total. The predicted molar refractivity (Wildman–Crippen MR) is 80.9 cm³/mol. The summed E-state index contributed by atoms with van der Waals surface area (Å²) in [5.74, 6) is -0.836. The summed E-state index contributed by atoms with van der Waals surface area (Å²) < 4.78 is 28.1. The minimum atomic E-state index is -0.437. The number of rotatable bonds is 9. The molecule has 1 nitrogen and oxygen atoms in total. The Hall–Kier alpha value is -0.960. The lowest BCUT2D eigenvalue weighted by Crippen LogP contribution is -2.23. The van der Waals surface area contributed by atoms with E-state index in [2.05, 4.69) is 12.2 Å². The first-order chi connectivity index (χ1) is 9.61. The first kappa shape index (κ1) is 17.1. The minimum absolute atomic E-state index is 0.211. The molecular weight excluding hydrogens is 256 g/mol. The molecule has 1 rings (SSSR count). The Balaban J connectivity index is 2.73. The van der Waals surface area contributed by atoms with Gasteiger partial charge in [0, 0.05) is 11.6 Å². The van der Waals surface area contributed by atoms with Gasteiger partial charge in [0.1, 0.15) is 11.6 Å². The number of hydrogen-bond acceptors (Lipinski definition) is 1. The van der Waals surface area contributed by atoms with Crippen molar-refractivity contribution in [1.82, 2.24) is 5.32 Å². The predicted octanol–water partition coefficient (Wildman–Crippen LogP) is 5.28. The van der Waals surface area contributed by atoms with Gasteiger partial charge in [0.15, 0.2) is 0 Å². The molecule has 0 aliphatic heterocycles. The summed E-state index contributed by atoms with van der Waals surface area (Å²) in [5.41, 5.74) is 0.720. The molecule has 0 aliphatic rings. The Morgan fingerprint density at radius 2 is 1.75 bits per heavy atom. The third kappa shape index (κ3) is 4.86. The fourth-order valence-corrected chi connectivity index (χ4v) is 2.54. The van der Waals surface area contributed by atoms with E-state index in [1.54, 1.807) is 6.92 Å². The number of nitrogens with one attached hydrogen (secondary N) is 1. The Kier molecular flexibility index (Phi) is 7.75. The molecule has 0 aliphatic carbocycles. The van der Waals surface area contributed by atoms with Gasteiger partial charge in [-0.1, -0.05) is 52.0 Å². The van der Waals surface area contributed by atoms with Crippen LogP contribution in [0, 0.1) is 18.6 Å². The highest BCUT2D eigenvalue weighted by Crippen LogP contribution is 2.27. The van der Waals surface area contributed by atoms with E-state index in [1.807, 2.05) is 6.92 Å². The van der Waals surface area contributed by atoms with Crippen molar-refractivity contribution >= 4 is 0 Å². The first-order valence-corrected chi connectivity index (χ1v) is 7.79. The van der Waals surface area contributed by atoms with E-state index in [-0.39, 0.29) is 11.6 Å². The molecule has 0 saturated heterocycles. The minimum Gasteiger partial charge on any atom is -0.310 e. The molecule has 1 aromatic rings. The van der Waals surface area contributed by atoms with Crippen molar-refractivity contribution in [3.63, 3.8) is 0 Å². The van der Waals surface area contributed by atoms with Crippen molar-refractivity contribution in [1.29, 1.82) is 0 Å². The van der Waals surface area contributed by atoms with Crippen LogP contribution in [0.25, 0.3) is 0 Å². The maximum absolute atomic E-state index is 14.2. The van der Waals surface area contributed by atoms with Gasteiger partial charge in [-0.3, -0.25) is 0 Å². The second-order valence-electron chi connectivity index (χ2n) is 5.41. The number of benzene rings is 1. The average molecular weight is 283 g/mol. The second kappa shape index (κ2) is 9.06. The van der Waals surface area contributed by atoms with Gasteiger partial charge in [-0.05, 0) is 31.5 Å². The van der Waals surface area contributed by atoms with E-state index < -0.39 is 11.6 Å². The Bertz CT molecular complexity index is 404. The Morgan fingerprint density at radius 1 is 1.05 bits per heavy atom. The molecule has 1 atom stereocenters. The zero-order valence-electron chi connectivity index (χ0n) is 12.9. The van der Waals surface area contributed by atoms with Gasteiger partial charge in [-0.15, -0.1) is 0 Å². The molecule has 20 heavy (non-hydrogen) atoms. The standard InChI is InChI=1S/C17H27F2N/c1-4-6-7-8-9-10-15(20-5-2)16-14(18)12-11-13(3)17(16)19/h11-12,15,20H,4-10H2,1-3H3. The van der Waals surface area contributed by atoms with Crippen LogP contribution in [0.15, 0.2) is 12.1 Å². The molecule has 0 saturated carbocycles. The quantitative estimate of drug-likeness (QED) is 0.608. The van der Waals surface area contributed by atoms with E-state index >= 15 is 0 Å². The number of hydrogen-bond donors (Lipinski definition) is 1. The molecule has 0 heterocycles. The van der Waals surface area contributed by atoms with Gasteiger partial charge in [-0.25, -0.2) is 8.78 Å². The van der Waals surface area contributed by atoms with E-state index in [0.717, 1.165) is 19.3 Å². The van der Waals surface area contributed by atoms with Gasteiger partial charge in [0.2, 0.25) is 0 Å². The normalized spacial score (nSPS) is 12.7. The summed E-state index contributed by atoms with van der Waals surface area (Å²) in [6.07, 6.45) is 6.56. The lowest BCUT2D eigenvalue weighted by atomic mass is 9.97. The van der Waals surface area contributed by atoms with Crippen molar-refractivity contribution in [3.8, 4) is 0 Å². The van der Waals surface area contributed by atoms with Crippen LogP contribution in [-0.4, -0.2) is 6.54 Å². The molecule has 1 aromatic carbocycles. The van der Waals surface area contributed by atoms with Crippen LogP contribution in [0.3, 0.4) is 0 Å². The van der Waals surface area contributed by atoms with E-state index in [9.17, 15) is 8.78 Å². The molecule has 0 bridgehead atoms. The average Bonchev–Trinajstić information content (AvgIpc) is 2.43. The van der Waals surface area contributed by atoms with Crippen LogP contribution in [0.2, 0.25) is 0 Å². The van der Waals surface area contributed by atoms with Crippen LogP contribution >= 0.6 is 0 Å². The van der Waals surface area contributed by atoms with Gasteiger partial charge in [-0.2, -0.15) is 0 Å². The number of aryl methyl sites for hydroxylation is 1. The van der Waals surface area contributed by atoms with Crippen LogP contribution in [-0.2, 0) is 0 Å². The van der Waals surface area contributed by atoms with Crippen LogP contribution < -0.4 is 5.32 Å². The number of unbranched alkanes of at least 4 members (excludes halogenated alkanes) is 4. The third-order valence-corrected chi connectivity index (χ3v) is 3.71. The highest BCUT2D eigenvalue weighted by molar-refractivity contribution is 5.29. The van der Waals surface area contributed by atoms with E-state index in [1.165, 1.54) is 31.4 Å². The highest BCUT2D eigenvalue weighted by atomic mass is 19.1. The molecule has 3 heteroatoms. The zero-order chi connectivity index (χ0) is 15.0. The first-order valence-electron chi connectivity index (χ1n) is 7.79. The Labute approximate surface area is 121 Å². The fraction of sp³-hybridized carbons (Fsp3) is 0.647. The van der Waals surface area contributed by atoms with Crippen LogP contribution in [0.1, 0.15) is 69.5 Å². The van der Waals surface area contributed by atoms with Crippen molar-refractivity contribution in [2.45, 2.75) is 65.3 Å². The summed E-state index contributed by atoms with van der Waals surface area (Å²) in [5, 5.41) is 3.22. The monoisotopic (exact) mass is 283 g/mol. The summed E-state index contributed by atoms with van der Waals surface area (Å²) in [4.78, 5) is 0. The maximum Gasteiger partial charge on any atom is 0.133 e. The molecule has 0 aromatic heterocycles. The van der Waals surface area contributed by atoms with Crippen molar-refractivity contribution in [2.75, 3.05) is 6.54 Å². The zero-order valence-corrected chi connectivity index (χ0v) is 12.9. The van der Waals surface area contributed by atoms with Crippen LogP contribution in [0.5, 0.6) is 0 Å². The van der Waals surface area contributed by atoms with Gasteiger partial charge >= 0.3 is 0 Å². The summed E-state index contributed by atoms with van der Waals surface area (Å²) >= 11 is 0. The van der Waals surface area contributed by atoms with E-state index in [0.29, 0.717) is 12.1 Å². The highest BCUT2D eigenvalue weighted by Gasteiger charge is 2.20. The summed E-state index contributed by atoms with van der Waals surface area (Å²) in [6, 6.07) is 2.65. The summed E-state index contributed by atoms with van der Waals surface area (Å²) in [6.45, 7) is 6.55. The van der Waals surface area contributed by atoms with Crippen molar-refractivity contribution in [3.05, 3.63) is 34.9 Å². The fourth-order valence-electron chi connectivity index (χ4n) is 2.54. The van der Waals surface area contributed by atoms with Crippen LogP contribution in [0.4, 0.5) is 8.78 Å². The van der Waals surface area contributed by atoms with Gasteiger partial charge in [0.05, 0.1) is 0 Å². The van der Waals surface area contributed by atoms with E-state index in [4.69, 9.17) is 0 Å². The summed E-state index contributed by atoms with van der Waals surface area (Å²) in [7, 11) is 0. The molecule has 114 valence electrons. The van der Waals surface area contributed by atoms with Gasteiger partial charge in [0.25, 0.3) is 0 Å². The molecule has 0 fully saturated rings. The maximum atomic E-state index is 14.2. The topological polar surface area (TPSA) is 12.0 Å². The number of halogens is 2.